The number of ether oxygens (including phenoxy) is 2. The molecule has 1 unspecified atom stereocenters. The summed E-state index contributed by atoms with van der Waals surface area (Å²) in [5.41, 5.74) is 1.92. The minimum atomic E-state index is -0.530. The Balaban J connectivity index is 2.08. The Morgan fingerprint density at radius 2 is 1.63 bits per heavy atom. The highest BCUT2D eigenvalue weighted by Crippen LogP contribution is 2.22. The lowest BCUT2D eigenvalue weighted by Gasteiger charge is -2.12. The van der Waals surface area contributed by atoms with Crippen LogP contribution < -0.4 is 9.47 Å². The van der Waals surface area contributed by atoms with Gasteiger partial charge in [-0.05, 0) is 35.4 Å². The van der Waals surface area contributed by atoms with Crippen LogP contribution in [0.3, 0.4) is 0 Å². The fraction of sp³-hybridized carbons (Fsp3) is 0.250. The van der Waals surface area contributed by atoms with E-state index < -0.39 is 6.10 Å². The SMILES string of the molecule is COc1ccc(C(O)Cc2cccc(OC)c2)cc1. The number of methoxy groups -OCH3 is 2. The van der Waals surface area contributed by atoms with E-state index in [0.29, 0.717) is 6.42 Å². The fourth-order valence-electron chi connectivity index (χ4n) is 1.97. The van der Waals surface area contributed by atoms with Gasteiger partial charge in [0.15, 0.2) is 0 Å². The molecule has 0 aliphatic carbocycles. The number of aliphatic hydroxyl groups excluding tert-OH is 1. The standard InChI is InChI=1S/C16H18O3/c1-18-14-8-6-13(7-9-14)16(17)11-12-4-3-5-15(10-12)19-2/h3-10,16-17H,11H2,1-2H3. The molecular formula is C16H18O3. The zero-order valence-corrected chi connectivity index (χ0v) is 11.2. The van der Waals surface area contributed by atoms with Crippen molar-refractivity contribution in [3.05, 3.63) is 59.7 Å². The van der Waals surface area contributed by atoms with Gasteiger partial charge in [-0.1, -0.05) is 24.3 Å². The number of aliphatic hydroxyl groups is 1. The van der Waals surface area contributed by atoms with Gasteiger partial charge in [-0.2, -0.15) is 0 Å². The summed E-state index contributed by atoms with van der Waals surface area (Å²) in [7, 11) is 3.26. The molecule has 2 aromatic rings. The molecule has 1 N–H and O–H groups in total. The second-order valence-electron chi connectivity index (χ2n) is 4.34. The van der Waals surface area contributed by atoms with Crippen LogP contribution in [0, 0.1) is 0 Å². The van der Waals surface area contributed by atoms with Gasteiger partial charge in [-0.15, -0.1) is 0 Å². The molecular weight excluding hydrogens is 240 g/mol. The fourth-order valence-corrected chi connectivity index (χ4v) is 1.97. The molecule has 3 nitrogen and oxygen atoms in total. The first-order valence-corrected chi connectivity index (χ1v) is 6.18. The molecule has 0 saturated carbocycles. The molecule has 100 valence electrons. The molecule has 2 rings (SSSR count). The van der Waals surface area contributed by atoms with E-state index >= 15 is 0 Å². The number of benzene rings is 2. The molecule has 0 spiro atoms. The molecule has 0 saturated heterocycles. The maximum Gasteiger partial charge on any atom is 0.119 e. The van der Waals surface area contributed by atoms with Gasteiger partial charge in [0.05, 0.1) is 20.3 Å². The van der Waals surface area contributed by atoms with Crippen LogP contribution >= 0.6 is 0 Å². The Morgan fingerprint density at radius 3 is 2.26 bits per heavy atom. The quantitative estimate of drug-likeness (QED) is 0.896. The van der Waals surface area contributed by atoms with Crippen LogP contribution in [0.1, 0.15) is 17.2 Å². The van der Waals surface area contributed by atoms with Crippen LogP contribution in [0.15, 0.2) is 48.5 Å². The second-order valence-corrected chi connectivity index (χ2v) is 4.34. The summed E-state index contributed by atoms with van der Waals surface area (Å²) >= 11 is 0. The van der Waals surface area contributed by atoms with E-state index in [0.717, 1.165) is 22.6 Å². The Morgan fingerprint density at radius 1 is 0.947 bits per heavy atom. The van der Waals surface area contributed by atoms with Crippen molar-refractivity contribution in [2.45, 2.75) is 12.5 Å². The van der Waals surface area contributed by atoms with Crippen molar-refractivity contribution in [1.29, 1.82) is 0 Å². The van der Waals surface area contributed by atoms with E-state index in [2.05, 4.69) is 0 Å². The molecule has 1 atom stereocenters. The van der Waals surface area contributed by atoms with Gasteiger partial charge in [0.25, 0.3) is 0 Å². The molecule has 0 heterocycles. The monoisotopic (exact) mass is 258 g/mol. The lowest BCUT2D eigenvalue weighted by atomic mass is 10.0. The summed E-state index contributed by atoms with van der Waals surface area (Å²) in [5.74, 6) is 1.59. The molecule has 0 radical (unpaired) electrons. The van der Waals surface area contributed by atoms with E-state index in [1.54, 1.807) is 14.2 Å². The molecule has 0 aliphatic heterocycles. The average molecular weight is 258 g/mol. The molecule has 0 amide bonds. The van der Waals surface area contributed by atoms with E-state index in [1.165, 1.54) is 0 Å². The largest absolute Gasteiger partial charge is 0.497 e. The molecule has 0 fully saturated rings. The predicted molar refractivity (Wildman–Crippen MR) is 74.7 cm³/mol. The van der Waals surface area contributed by atoms with Crippen molar-refractivity contribution in [3.8, 4) is 11.5 Å². The Bertz CT molecular complexity index is 520. The minimum absolute atomic E-state index is 0.530. The first kappa shape index (κ1) is 13.4. The average Bonchev–Trinajstić information content (AvgIpc) is 2.47. The normalized spacial score (nSPS) is 11.9. The lowest BCUT2D eigenvalue weighted by molar-refractivity contribution is 0.178. The first-order chi connectivity index (χ1) is 9.22. The van der Waals surface area contributed by atoms with Crippen molar-refractivity contribution in [2.24, 2.45) is 0 Å². The summed E-state index contributed by atoms with van der Waals surface area (Å²) in [6, 6.07) is 15.2. The zero-order chi connectivity index (χ0) is 13.7. The van der Waals surface area contributed by atoms with E-state index in [4.69, 9.17) is 9.47 Å². The van der Waals surface area contributed by atoms with Gasteiger partial charge >= 0.3 is 0 Å². The first-order valence-electron chi connectivity index (χ1n) is 6.18. The highest BCUT2D eigenvalue weighted by Gasteiger charge is 2.09. The molecule has 0 aliphatic rings. The van der Waals surface area contributed by atoms with Gasteiger partial charge in [0, 0.05) is 6.42 Å². The third-order valence-corrected chi connectivity index (χ3v) is 3.06. The molecule has 0 aromatic heterocycles. The highest BCUT2D eigenvalue weighted by atomic mass is 16.5. The molecule has 19 heavy (non-hydrogen) atoms. The third kappa shape index (κ3) is 3.48. The van der Waals surface area contributed by atoms with Crippen molar-refractivity contribution in [2.75, 3.05) is 14.2 Å². The van der Waals surface area contributed by atoms with Gasteiger partial charge in [0.1, 0.15) is 11.5 Å². The molecule has 2 aromatic carbocycles. The van der Waals surface area contributed by atoms with E-state index in [1.807, 2.05) is 48.5 Å². The summed E-state index contributed by atoms with van der Waals surface area (Å²) in [5, 5.41) is 10.2. The minimum Gasteiger partial charge on any atom is -0.497 e. The summed E-state index contributed by atoms with van der Waals surface area (Å²) in [4.78, 5) is 0. The van der Waals surface area contributed by atoms with Gasteiger partial charge < -0.3 is 14.6 Å². The van der Waals surface area contributed by atoms with Crippen LogP contribution in [0.2, 0.25) is 0 Å². The Kier molecular flexibility index (Phi) is 4.42. The van der Waals surface area contributed by atoms with Crippen molar-refractivity contribution >= 4 is 0 Å². The van der Waals surface area contributed by atoms with Gasteiger partial charge in [0.2, 0.25) is 0 Å². The lowest BCUT2D eigenvalue weighted by Crippen LogP contribution is -2.02. The predicted octanol–water partition coefficient (Wildman–Crippen LogP) is 2.98. The molecule has 0 bridgehead atoms. The maximum absolute atomic E-state index is 10.2. The number of rotatable bonds is 5. The van der Waals surface area contributed by atoms with Crippen molar-refractivity contribution < 1.29 is 14.6 Å². The second kappa shape index (κ2) is 6.25. The summed E-state index contributed by atoms with van der Waals surface area (Å²) in [6.45, 7) is 0. The topological polar surface area (TPSA) is 38.7 Å². The summed E-state index contributed by atoms with van der Waals surface area (Å²) < 4.78 is 10.3. The smallest absolute Gasteiger partial charge is 0.119 e. The van der Waals surface area contributed by atoms with Crippen LogP contribution in [0.25, 0.3) is 0 Å². The molecule has 3 heteroatoms. The van der Waals surface area contributed by atoms with E-state index in [-0.39, 0.29) is 0 Å². The van der Waals surface area contributed by atoms with Crippen molar-refractivity contribution in [1.82, 2.24) is 0 Å². The number of hydrogen-bond donors (Lipinski definition) is 1. The van der Waals surface area contributed by atoms with Gasteiger partial charge in [-0.3, -0.25) is 0 Å². The van der Waals surface area contributed by atoms with Gasteiger partial charge in [-0.25, -0.2) is 0 Å². The zero-order valence-electron chi connectivity index (χ0n) is 11.2. The van der Waals surface area contributed by atoms with Crippen LogP contribution in [-0.4, -0.2) is 19.3 Å². The highest BCUT2D eigenvalue weighted by molar-refractivity contribution is 5.32. The Labute approximate surface area is 113 Å². The number of hydrogen-bond acceptors (Lipinski definition) is 3. The van der Waals surface area contributed by atoms with E-state index in [9.17, 15) is 5.11 Å². The Hall–Kier alpha value is -2.00. The third-order valence-electron chi connectivity index (χ3n) is 3.06. The van der Waals surface area contributed by atoms with Crippen LogP contribution in [0.4, 0.5) is 0 Å². The summed E-state index contributed by atoms with van der Waals surface area (Å²) in [6.07, 6.45) is 0.0294. The van der Waals surface area contributed by atoms with Crippen LogP contribution in [-0.2, 0) is 6.42 Å². The maximum atomic E-state index is 10.2. The van der Waals surface area contributed by atoms with Crippen molar-refractivity contribution in [3.63, 3.8) is 0 Å². The van der Waals surface area contributed by atoms with Crippen LogP contribution in [0.5, 0.6) is 11.5 Å².